The number of rotatable bonds is 10. The van der Waals surface area contributed by atoms with Gasteiger partial charge in [-0.05, 0) is 37.8 Å². The Kier molecular flexibility index (Phi) is 7.08. The van der Waals surface area contributed by atoms with E-state index in [1.54, 1.807) is 10.6 Å². The lowest BCUT2D eigenvalue weighted by Gasteiger charge is -2.13. The molecule has 0 atom stereocenters. The van der Waals surface area contributed by atoms with Crippen molar-refractivity contribution in [2.45, 2.75) is 56.3 Å². The van der Waals surface area contributed by atoms with Crippen LogP contribution in [0.25, 0.3) is 10.9 Å². The number of carbonyl (C=O) groups excluding carboxylic acids is 2. The van der Waals surface area contributed by atoms with Crippen LogP contribution >= 0.6 is 11.8 Å². The van der Waals surface area contributed by atoms with Crippen LogP contribution in [-0.2, 0) is 20.9 Å². The summed E-state index contributed by atoms with van der Waals surface area (Å²) in [6.45, 7) is 0.504. The molecule has 0 saturated heterocycles. The second-order valence-corrected chi connectivity index (χ2v) is 7.83. The Morgan fingerprint density at radius 1 is 1.25 bits per heavy atom. The van der Waals surface area contributed by atoms with Gasteiger partial charge in [-0.3, -0.25) is 19.0 Å². The fraction of sp³-hybridized carbons (Fsp3) is 0.500. The molecular weight excluding hydrogens is 378 g/mol. The lowest BCUT2D eigenvalue weighted by Crippen LogP contribution is -2.28. The van der Waals surface area contributed by atoms with E-state index in [4.69, 9.17) is 0 Å². The zero-order valence-corrected chi connectivity index (χ0v) is 16.8. The average molecular weight is 404 g/mol. The van der Waals surface area contributed by atoms with Crippen LogP contribution in [0.3, 0.4) is 0 Å². The monoisotopic (exact) mass is 403 g/mol. The van der Waals surface area contributed by atoms with Crippen LogP contribution in [-0.4, -0.2) is 40.3 Å². The Morgan fingerprint density at radius 3 is 2.79 bits per heavy atom. The van der Waals surface area contributed by atoms with Gasteiger partial charge in [0.2, 0.25) is 5.91 Å². The Balaban J connectivity index is 1.69. The van der Waals surface area contributed by atoms with Crippen LogP contribution in [0, 0.1) is 0 Å². The number of esters is 1. The van der Waals surface area contributed by atoms with Crippen molar-refractivity contribution in [3.63, 3.8) is 0 Å². The van der Waals surface area contributed by atoms with Gasteiger partial charge in [0.1, 0.15) is 0 Å². The SMILES string of the molecule is COC(=O)CCCCCn1c(SCC(=O)NC2CC2)nc2ccccc2c1=O. The van der Waals surface area contributed by atoms with Crippen molar-refractivity contribution in [2.24, 2.45) is 0 Å². The van der Waals surface area contributed by atoms with E-state index in [0.29, 0.717) is 41.5 Å². The first kappa shape index (κ1) is 20.4. The minimum Gasteiger partial charge on any atom is -0.469 e. The van der Waals surface area contributed by atoms with Crippen LogP contribution in [0.5, 0.6) is 0 Å². The van der Waals surface area contributed by atoms with E-state index in [-0.39, 0.29) is 23.2 Å². The first-order valence-electron chi connectivity index (χ1n) is 9.57. The van der Waals surface area contributed by atoms with Crippen LogP contribution in [0.4, 0.5) is 0 Å². The third-order valence-corrected chi connectivity index (χ3v) is 5.57. The van der Waals surface area contributed by atoms with Gasteiger partial charge >= 0.3 is 5.97 Å². The molecule has 2 aromatic rings. The Bertz CT molecular complexity index is 908. The molecule has 28 heavy (non-hydrogen) atoms. The number of aromatic nitrogens is 2. The number of benzene rings is 1. The van der Waals surface area contributed by atoms with E-state index in [9.17, 15) is 14.4 Å². The molecular formula is C20H25N3O4S. The first-order chi connectivity index (χ1) is 13.6. The van der Waals surface area contributed by atoms with Crippen LogP contribution < -0.4 is 10.9 Å². The third-order valence-electron chi connectivity index (χ3n) is 4.59. The molecule has 1 saturated carbocycles. The van der Waals surface area contributed by atoms with Gasteiger partial charge in [-0.15, -0.1) is 0 Å². The minimum absolute atomic E-state index is 0.0282. The highest BCUT2D eigenvalue weighted by molar-refractivity contribution is 7.99. The number of ether oxygens (including phenoxy) is 1. The van der Waals surface area contributed by atoms with Gasteiger partial charge in [-0.2, -0.15) is 0 Å². The molecule has 0 aliphatic heterocycles. The zero-order chi connectivity index (χ0) is 19.9. The molecule has 3 rings (SSSR count). The fourth-order valence-corrected chi connectivity index (χ4v) is 3.74. The summed E-state index contributed by atoms with van der Waals surface area (Å²) in [7, 11) is 1.38. The predicted octanol–water partition coefficient (Wildman–Crippen LogP) is 2.50. The van der Waals surface area contributed by atoms with Gasteiger partial charge in [-0.25, -0.2) is 4.98 Å². The molecule has 8 heteroatoms. The van der Waals surface area contributed by atoms with Crippen molar-refractivity contribution in [1.82, 2.24) is 14.9 Å². The normalized spacial score (nSPS) is 13.5. The number of unbranched alkanes of at least 4 members (excludes halogenated alkanes) is 2. The first-order valence-corrected chi connectivity index (χ1v) is 10.6. The van der Waals surface area contributed by atoms with E-state index in [0.717, 1.165) is 25.7 Å². The quantitative estimate of drug-likeness (QED) is 0.284. The van der Waals surface area contributed by atoms with Crippen LogP contribution in [0.15, 0.2) is 34.2 Å². The Morgan fingerprint density at radius 2 is 2.04 bits per heavy atom. The number of amides is 1. The number of fused-ring (bicyclic) bond motifs is 1. The molecule has 1 amide bonds. The van der Waals surface area contributed by atoms with E-state index >= 15 is 0 Å². The number of methoxy groups -OCH3 is 1. The molecule has 0 spiro atoms. The maximum absolute atomic E-state index is 12.9. The minimum atomic E-state index is -0.220. The molecule has 150 valence electrons. The van der Waals surface area contributed by atoms with E-state index in [1.165, 1.54) is 18.9 Å². The lowest BCUT2D eigenvalue weighted by atomic mass is 10.2. The summed E-state index contributed by atoms with van der Waals surface area (Å²) in [6.07, 6.45) is 4.74. The standard InChI is InChI=1S/C20H25N3O4S/c1-27-18(25)9-3-2-6-12-23-19(26)15-7-4-5-8-16(15)22-20(23)28-13-17(24)21-14-10-11-14/h4-5,7-8,14H,2-3,6,9-13H2,1H3,(H,21,24). The average Bonchev–Trinajstić information content (AvgIpc) is 3.51. The summed E-state index contributed by atoms with van der Waals surface area (Å²) < 4.78 is 6.29. The van der Waals surface area contributed by atoms with Crippen molar-refractivity contribution in [1.29, 1.82) is 0 Å². The molecule has 0 unspecified atom stereocenters. The third kappa shape index (κ3) is 5.58. The summed E-state index contributed by atoms with van der Waals surface area (Å²) in [5.41, 5.74) is 0.545. The molecule has 0 radical (unpaired) electrons. The number of nitrogens with zero attached hydrogens (tertiary/aromatic N) is 2. The van der Waals surface area contributed by atoms with Crippen molar-refractivity contribution >= 4 is 34.5 Å². The van der Waals surface area contributed by atoms with Gasteiger partial charge in [-0.1, -0.05) is 30.3 Å². The molecule has 1 aromatic heterocycles. The highest BCUT2D eigenvalue weighted by Crippen LogP contribution is 2.21. The summed E-state index contributed by atoms with van der Waals surface area (Å²) in [5, 5.41) is 4.08. The second kappa shape index (κ2) is 9.73. The number of nitrogens with one attached hydrogen (secondary N) is 1. The molecule has 1 N–H and O–H groups in total. The smallest absolute Gasteiger partial charge is 0.305 e. The number of carbonyl (C=O) groups is 2. The second-order valence-electron chi connectivity index (χ2n) is 6.89. The maximum Gasteiger partial charge on any atom is 0.305 e. The van der Waals surface area contributed by atoms with Crippen LogP contribution in [0.2, 0.25) is 0 Å². The van der Waals surface area contributed by atoms with Gasteiger partial charge in [0.25, 0.3) is 5.56 Å². The van der Waals surface area contributed by atoms with Crippen molar-refractivity contribution < 1.29 is 14.3 Å². The lowest BCUT2D eigenvalue weighted by molar-refractivity contribution is -0.140. The van der Waals surface area contributed by atoms with E-state index in [1.807, 2.05) is 18.2 Å². The molecule has 1 fully saturated rings. The number of hydrogen-bond donors (Lipinski definition) is 1. The highest BCUT2D eigenvalue weighted by atomic mass is 32.2. The predicted molar refractivity (Wildman–Crippen MR) is 108 cm³/mol. The molecule has 1 aliphatic rings. The zero-order valence-electron chi connectivity index (χ0n) is 16.0. The fourth-order valence-electron chi connectivity index (χ4n) is 2.90. The largest absolute Gasteiger partial charge is 0.469 e. The Labute approximate surface area is 167 Å². The summed E-state index contributed by atoms with van der Waals surface area (Å²) in [5.74, 6) is -0.00845. The van der Waals surface area contributed by atoms with Gasteiger partial charge in [0, 0.05) is 19.0 Å². The molecule has 7 nitrogen and oxygen atoms in total. The van der Waals surface area contributed by atoms with Crippen LogP contribution in [0.1, 0.15) is 38.5 Å². The van der Waals surface area contributed by atoms with Crippen molar-refractivity contribution in [3.8, 4) is 0 Å². The van der Waals surface area contributed by atoms with Gasteiger partial charge < -0.3 is 10.1 Å². The molecule has 1 aliphatic carbocycles. The summed E-state index contributed by atoms with van der Waals surface area (Å²) >= 11 is 1.29. The topological polar surface area (TPSA) is 90.3 Å². The van der Waals surface area contributed by atoms with Crippen molar-refractivity contribution in [2.75, 3.05) is 12.9 Å². The molecule has 1 heterocycles. The number of thioether (sulfide) groups is 1. The number of para-hydroxylation sites is 1. The number of hydrogen-bond acceptors (Lipinski definition) is 6. The maximum atomic E-state index is 12.9. The summed E-state index contributed by atoms with van der Waals surface area (Å²) in [4.78, 5) is 40.8. The van der Waals surface area contributed by atoms with Crippen molar-refractivity contribution in [3.05, 3.63) is 34.6 Å². The molecule has 0 bridgehead atoms. The molecule has 1 aromatic carbocycles. The Hall–Kier alpha value is -2.35. The van der Waals surface area contributed by atoms with E-state index in [2.05, 4.69) is 15.0 Å². The van der Waals surface area contributed by atoms with Gasteiger partial charge in [0.05, 0.1) is 23.8 Å². The summed E-state index contributed by atoms with van der Waals surface area (Å²) in [6, 6.07) is 7.57. The van der Waals surface area contributed by atoms with E-state index < -0.39 is 0 Å². The highest BCUT2D eigenvalue weighted by Gasteiger charge is 2.23. The van der Waals surface area contributed by atoms with Gasteiger partial charge in [0.15, 0.2) is 5.16 Å².